The van der Waals surface area contributed by atoms with Crippen LogP contribution in [0.25, 0.3) is 0 Å². The Balaban J connectivity index is 2.02. The lowest BCUT2D eigenvalue weighted by atomic mass is 9.79. The molecule has 0 atom stereocenters. The highest BCUT2D eigenvalue weighted by atomic mass is 16.5. The molecule has 6 nitrogen and oxygen atoms in total. The van der Waals surface area contributed by atoms with Gasteiger partial charge in [0.25, 0.3) is 0 Å². The molecule has 0 saturated carbocycles. The first-order chi connectivity index (χ1) is 9.22. The number of aliphatic hydroxyl groups is 1. The van der Waals surface area contributed by atoms with Crippen LogP contribution >= 0.6 is 0 Å². The maximum absolute atomic E-state index is 12.0. The van der Waals surface area contributed by atoms with E-state index >= 15 is 0 Å². The van der Waals surface area contributed by atoms with Gasteiger partial charge in [0.2, 0.25) is 5.95 Å². The van der Waals surface area contributed by atoms with Gasteiger partial charge in [-0.25, -0.2) is 9.97 Å². The number of ether oxygens (including phenoxy) is 1. The number of piperidine rings is 1. The van der Waals surface area contributed by atoms with Crippen molar-refractivity contribution in [3.63, 3.8) is 0 Å². The standard InChI is InChI=1S/C13H18N3O3/c1-2-19-11(18)13(10-17)4-8-16(9-5-13)12-14-6-3-7-15-12/h6-7,17H,2,4-5,8-10H2,1H3. The normalized spacial score (nSPS) is 18.1. The smallest absolute Gasteiger partial charge is 0.314 e. The average Bonchev–Trinajstić information content (AvgIpc) is 2.48. The van der Waals surface area contributed by atoms with Gasteiger partial charge >= 0.3 is 5.97 Å². The molecule has 1 saturated heterocycles. The third-order valence-corrected chi connectivity index (χ3v) is 3.52. The van der Waals surface area contributed by atoms with Gasteiger partial charge in [-0.15, -0.1) is 0 Å². The third-order valence-electron chi connectivity index (χ3n) is 3.52. The predicted molar refractivity (Wildman–Crippen MR) is 68.5 cm³/mol. The van der Waals surface area contributed by atoms with Crippen LogP contribution in [0, 0.1) is 11.5 Å². The van der Waals surface area contributed by atoms with Crippen LogP contribution < -0.4 is 4.90 Å². The number of carbonyl (C=O) groups excluding carboxylic acids is 1. The van der Waals surface area contributed by atoms with Gasteiger partial charge in [-0.2, -0.15) is 0 Å². The summed E-state index contributed by atoms with van der Waals surface area (Å²) in [6.07, 6.45) is 4.23. The molecular weight excluding hydrogens is 246 g/mol. The second kappa shape index (κ2) is 5.97. The Hall–Kier alpha value is -1.69. The van der Waals surface area contributed by atoms with Gasteiger partial charge in [0.1, 0.15) is 0 Å². The minimum atomic E-state index is -0.770. The first kappa shape index (κ1) is 13.7. The lowest BCUT2D eigenvalue weighted by molar-refractivity contribution is -0.159. The Morgan fingerprint density at radius 2 is 2.11 bits per heavy atom. The van der Waals surface area contributed by atoms with Crippen molar-refractivity contribution in [2.75, 3.05) is 31.2 Å². The van der Waals surface area contributed by atoms with Crippen LogP contribution in [0.3, 0.4) is 0 Å². The van der Waals surface area contributed by atoms with Gasteiger partial charge in [-0.3, -0.25) is 4.79 Å². The summed E-state index contributed by atoms with van der Waals surface area (Å²) in [5, 5.41) is 9.54. The van der Waals surface area contributed by atoms with E-state index in [9.17, 15) is 9.90 Å². The van der Waals surface area contributed by atoms with Gasteiger partial charge in [-0.05, 0) is 19.8 Å². The maximum Gasteiger partial charge on any atom is 0.314 e. The molecule has 19 heavy (non-hydrogen) atoms. The molecule has 0 unspecified atom stereocenters. The van der Waals surface area contributed by atoms with E-state index in [0.29, 0.717) is 38.5 Å². The van der Waals surface area contributed by atoms with E-state index in [1.54, 1.807) is 19.3 Å². The van der Waals surface area contributed by atoms with Crippen LogP contribution in [0.4, 0.5) is 5.95 Å². The molecule has 0 aliphatic carbocycles. The number of aromatic nitrogens is 2. The largest absolute Gasteiger partial charge is 0.465 e. The molecule has 2 heterocycles. The number of aliphatic hydroxyl groups excluding tert-OH is 1. The minimum absolute atomic E-state index is 0.177. The van der Waals surface area contributed by atoms with E-state index in [0.717, 1.165) is 0 Å². The lowest BCUT2D eigenvalue weighted by Crippen LogP contribution is -2.47. The van der Waals surface area contributed by atoms with E-state index in [-0.39, 0.29) is 12.6 Å². The number of esters is 1. The van der Waals surface area contributed by atoms with E-state index < -0.39 is 5.41 Å². The molecule has 1 aliphatic heterocycles. The van der Waals surface area contributed by atoms with Crippen LogP contribution in [0.15, 0.2) is 12.4 Å². The summed E-state index contributed by atoms with van der Waals surface area (Å²) in [5.74, 6) is 0.327. The van der Waals surface area contributed by atoms with Crippen LogP contribution in [0.1, 0.15) is 19.8 Å². The Bertz CT molecular complexity index is 416. The van der Waals surface area contributed by atoms with Crippen molar-refractivity contribution in [2.45, 2.75) is 19.8 Å². The van der Waals surface area contributed by atoms with Gasteiger partial charge in [0, 0.05) is 31.5 Å². The predicted octanol–water partition coefficient (Wildman–Crippen LogP) is 0.419. The Morgan fingerprint density at radius 1 is 1.47 bits per heavy atom. The quantitative estimate of drug-likeness (QED) is 0.794. The Kier molecular flexibility index (Phi) is 4.31. The summed E-state index contributed by atoms with van der Waals surface area (Å²) in [6.45, 7) is 3.18. The van der Waals surface area contributed by atoms with Crippen molar-refractivity contribution < 1.29 is 14.6 Å². The number of hydrogen-bond acceptors (Lipinski definition) is 6. The summed E-state index contributed by atoms with van der Waals surface area (Å²) >= 11 is 0. The number of hydrogen-bond donors (Lipinski definition) is 1. The highest BCUT2D eigenvalue weighted by Gasteiger charge is 2.42. The summed E-state index contributed by atoms with van der Waals surface area (Å²) in [4.78, 5) is 22.2. The number of nitrogens with zero attached hydrogens (tertiary/aromatic N) is 3. The topological polar surface area (TPSA) is 75.6 Å². The van der Waals surface area contributed by atoms with E-state index in [2.05, 4.69) is 16.0 Å². The van der Waals surface area contributed by atoms with Gasteiger partial charge in [0.15, 0.2) is 0 Å². The van der Waals surface area contributed by atoms with Gasteiger partial charge < -0.3 is 14.7 Å². The van der Waals surface area contributed by atoms with Crippen molar-refractivity contribution in [3.05, 3.63) is 18.5 Å². The zero-order valence-electron chi connectivity index (χ0n) is 11.0. The van der Waals surface area contributed by atoms with E-state index in [1.807, 2.05) is 4.90 Å². The molecule has 1 aliphatic rings. The zero-order valence-corrected chi connectivity index (χ0v) is 11.0. The molecule has 2 rings (SSSR count). The first-order valence-corrected chi connectivity index (χ1v) is 6.43. The van der Waals surface area contributed by atoms with Crippen molar-refractivity contribution in [2.24, 2.45) is 5.41 Å². The minimum Gasteiger partial charge on any atom is -0.465 e. The highest BCUT2D eigenvalue weighted by molar-refractivity contribution is 5.77. The van der Waals surface area contributed by atoms with Crippen LogP contribution in [0.5, 0.6) is 0 Å². The fourth-order valence-corrected chi connectivity index (χ4v) is 2.27. The molecule has 0 bridgehead atoms. The first-order valence-electron chi connectivity index (χ1n) is 6.43. The molecule has 0 spiro atoms. The van der Waals surface area contributed by atoms with Gasteiger partial charge in [-0.1, -0.05) is 0 Å². The SMILES string of the molecule is CCOC(=O)C1(CO)CCN(c2nc[c]cn2)CC1. The summed E-state index contributed by atoms with van der Waals surface area (Å²) in [7, 11) is 0. The van der Waals surface area contributed by atoms with Crippen LogP contribution in [-0.4, -0.2) is 47.3 Å². The molecule has 1 aromatic rings. The highest BCUT2D eigenvalue weighted by Crippen LogP contribution is 2.33. The Labute approximate surface area is 112 Å². The fraction of sp³-hybridized carbons (Fsp3) is 0.615. The van der Waals surface area contributed by atoms with E-state index in [4.69, 9.17) is 4.74 Å². The maximum atomic E-state index is 12.0. The molecule has 1 N–H and O–H groups in total. The van der Waals surface area contributed by atoms with E-state index in [1.165, 1.54) is 0 Å². The van der Waals surface area contributed by atoms with Crippen molar-refractivity contribution in [1.82, 2.24) is 9.97 Å². The zero-order chi connectivity index (χ0) is 13.7. The Morgan fingerprint density at radius 3 is 2.63 bits per heavy atom. The monoisotopic (exact) mass is 264 g/mol. The number of carbonyl (C=O) groups is 1. The van der Waals surface area contributed by atoms with Crippen molar-refractivity contribution in [1.29, 1.82) is 0 Å². The fourth-order valence-electron chi connectivity index (χ4n) is 2.27. The molecular formula is C13H18N3O3. The van der Waals surface area contributed by atoms with Crippen molar-refractivity contribution in [3.8, 4) is 0 Å². The number of anilines is 1. The van der Waals surface area contributed by atoms with Gasteiger partial charge in [0.05, 0.1) is 18.6 Å². The summed E-state index contributed by atoms with van der Waals surface area (Å²) < 4.78 is 5.06. The lowest BCUT2D eigenvalue weighted by Gasteiger charge is -2.38. The molecule has 0 amide bonds. The molecule has 0 aromatic carbocycles. The second-order valence-corrected chi connectivity index (χ2v) is 4.63. The van der Waals surface area contributed by atoms with Crippen LogP contribution in [0.2, 0.25) is 0 Å². The molecule has 103 valence electrons. The second-order valence-electron chi connectivity index (χ2n) is 4.63. The average molecular weight is 264 g/mol. The van der Waals surface area contributed by atoms with Crippen molar-refractivity contribution >= 4 is 11.9 Å². The third kappa shape index (κ3) is 2.84. The summed E-state index contributed by atoms with van der Waals surface area (Å²) in [6, 6.07) is 2.77. The molecule has 1 aromatic heterocycles. The number of rotatable bonds is 4. The molecule has 1 fully saturated rings. The summed E-state index contributed by atoms with van der Waals surface area (Å²) in [5.41, 5.74) is -0.770. The molecule has 6 heteroatoms. The molecule has 1 radical (unpaired) electrons. The van der Waals surface area contributed by atoms with Crippen LogP contribution in [-0.2, 0) is 9.53 Å².